The summed E-state index contributed by atoms with van der Waals surface area (Å²) < 4.78 is 40.7. The lowest BCUT2D eigenvalue weighted by Crippen LogP contribution is -2.17. The molecule has 0 bridgehead atoms. The number of nitrogens with zero attached hydrogens (tertiary/aromatic N) is 1. The van der Waals surface area contributed by atoms with Crippen LogP contribution >= 0.6 is 0 Å². The van der Waals surface area contributed by atoms with Crippen LogP contribution in [0.25, 0.3) is 11.1 Å². The summed E-state index contributed by atoms with van der Waals surface area (Å²) in [4.78, 5) is 12.1. The third kappa shape index (κ3) is 3.89. The molecular formula is C21H25F3N2O. The van der Waals surface area contributed by atoms with Crippen LogP contribution in [-0.2, 0) is 12.7 Å². The third-order valence-corrected chi connectivity index (χ3v) is 5.70. The number of carbonyl (C=O) groups excluding carboxylic acids is 1. The van der Waals surface area contributed by atoms with Gasteiger partial charge in [-0.05, 0) is 50.3 Å². The van der Waals surface area contributed by atoms with Crippen molar-refractivity contribution in [1.29, 1.82) is 0 Å². The first-order chi connectivity index (χ1) is 12.7. The van der Waals surface area contributed by atoms with Gasteiger partial charge >= 0.3 is 6.18 Å². The van der Waals surface area contributed by atoms with E-state index in [-0.39, 0.29) is 0 Å². The van der Waals surface area contributed by atoms with Crippen molar-refractivity contribution in [2.24, 2.45) is 11.7 Å². The summed E-state index contributed by atoms with van der Waals surface area (Å²) in [5.41, 5.74) is 8.23. The molecule has 1 saturated carbocycles. The average molecular weight is 378 g/mol. The Morgan fingerprint density at radius 3 is 2.19 bits per heavy atom. The summed E-state index contributed by atoms with van der Waals surface area (Å²) in [6, 6.07) is 4.94. The van der Waals surface area contributed by atoms with Gasteiger partial charge in [0, 0.05) is 23.5 Å². The lowest BCUT2D eigenvalue weighted by atomic mass is 9.89. The fraction of sp³-hybridized carbons (Fsp3) is 0.476. The van der Waals surface area contributed by atoms with Crippen LogP contribution in [0, 0.1) is 19.8 Å². The van der Waals surface area contributed by atoms with Gasteiger partial charge in [-0.25, -0.2) is 0 Å². The van der Waals surface area contributed by atoms with Crippen LogP contribution in [0.5, 0.6) is 0 Å². The van der Waals surface area contributed by atoms with Crippen LogP contribution in [0.2, 0.25) is 0 Å². The van der Waals surface area contributed by atoms with Gasteiger partial charge < -0.3 is 10.3 Å². The molecule has 0 aliphatic heterocycles. The Morgan fingerprint density at radius 2 is 1.67 bits per heavy atom. The first kappa shape index (κ1) is 19.5. The van der Waals surface area contributed by atoms with E-state index in [2.05, 4.69) is 4.57 Å². The SMILES string of the molecule is Cc1c(C(N)=O)c(-c2ccc(C(F)(F)F)cc2)c(C)n1CC1CCCCC1. The largest absolute Gasteiger partial charge is 0.416 e. The van der Waals surface area contributed by atoms with Crippen molar-refractivity contribution in [3.05, 3.63) is 46.8 Å². The number of carbonyl (C=O) groups is 1. The van der Waals surface area contributed by atoms with Gasteiger partial charge in [0.25, 0.3) is 5.91 Å². The van der Waals surface area contributed by atoms with Crippen molar-refractivity contribution in [3.8, 4) is 11.1 Å². The number of benzene rings is 1. The highest BCUT2D eigenvalue weighted by Crippen LogP contribution is 2.36. The molecule has 6 heteroatoms. The normalized spacial score (nSPS) is 15.9. The van der Waals surface area contributed by atoms with Gasteiger partial charge in [0.2, 0.25) is 0 Å². The molecule has 27 heavy (non-hydrogen) atoms. The van der Waals surface area contributed by atoms with Crippen LogP contribution < -0.4 is 5.73 Å². The minimum atomic E-state index is -4.39. The number of primary amides is 1. The average Bonchev–Trinajstić information content (AvgIpc) is 2.87. The molecule has 146 valence electrons. The summed E-state index contributed by atoms with van der Waals surface area (Å²) in [7, 11) is 0. The Hall–Kier alpha value is -2.24. The smallest absolute Gasteiger partial charge is 0.366 e. The topological polar surface area (TPSA) is 48.0 Å². The fourth-order valence-electron chi connectivity index (χ4n) is 4.27. The number of aromatic nitrogens is 1. The molecule has 1 aliphatic rings. The summed E-state index contributed by atoms with van der Waals surface area (Å²) in [6.45, 7) is 4.59. The van der Waals surface area contributed by atoms with E-state index in [9.17, 15) is 18.0 Å². The second-order valence-corrected chi connectivity index (χ2v) is 7.47. The highest BCUT2D eigenvalue weighted by molar-refractivity contribution is 6.02. The lowest BCUT2D eigenvalue weighted by molar-refractivity contribution is -0.137. The molecule has 0 saturated heterocycles. The molecule has 1 fully saturated rings. The van der Waals surface area contributed by atoms with E-state index in [0.29, 0.717) is 22.6 Å². The van der Waals surface area contributed by atoms with Crippen molar-refractivity contribution < 1.29 is 18.0 Å². The van der Waals surface area contributed by atoms with Crippen molar-refractivity contribution in [1.82, 2.24) is 4.57 Å². The maximum Gasteiger partial charge on any atom is 0.416 e. The first-order valence-electron chi connectivity index (χ1n) is 9.37. The molecule has 1 aliphatic carbocycles. The van der Waals surface area contributed by atoms with Crippen molar-refractivity contribution >= 4 is 5.91 Å². The van der Waals surface area contributed by atoms with Gasteiger partial charge in [-0.3, -0.25) is 4.79 Å². The Bertz CT molecular complexity index is 829. The molecule has 2 N–H and O–H groups in total. The van der Waals surface area contributed by atoms with Gasteiger partial charge in [-0.15, -0.1) is 0 Å². The van der Waals surface area contributed by atoms with E-state index in [1.54, 1.807) is 0 Å². The number of alkyl halides is 3. The van der Waals surface area contributed by atoms with Gasteiger partial charge in [-0.2, -0.15) is 13.2 Å². The zero-order valence-electron chi connectivity index (χ0n) is 15.7. The number of rotatable bonds is 4. The van der Waals surface area contributed by atoms with Crippen LogP contribution in [0.15, 0.2) is 24.3 Å². The predicted octanol–water partition coefficient (Wildman–Crippen LogP) is 5.47. The number of hydrogen-bond acceptors (Lipinski definition) is 1. The van der Waals surface area contributed by atoms with E-state index in [1.807, 2.05) is 13.8 Å². The van der Waals surface area contributed by atoms with Crippen molar-refractivity contribution in [2.75, 3.05) is 0 Å². The van der Waals surface area contributed by atoms with Gasteiger partial charge in [-0.1, -0.05) is 31.4 Å². The van der Waals surface area contributed by atoms with Crippen LogP contribution in [0.3, 0.4) is 0 Å². The van der Waals surface area contributed by atoms with Gasteiger partial charge in [0.1, 0.15) is 0 Å². The monoisotopic (exact) mass is 378 g/mol. The van der Waals surface area contributed by atoms with E-state index < -0.39 is 17.6 Å². The predicted molar refractivity (Wildman–Crippen MR) is 99.4 cm³/mol. The summed E-state index contributed by atoms with van der Waals surface area (Å²) >= 11 is 0. The van der Waals surface area contributed by atoms with Gasteiger partial charge in [0.15, 0.2) is 0 Å². The maximum absolute atomic E-state index is 12.9. The second-order valence-electron chi connectivity index (χ2n) is 7.47. The Morgan fingerprint density at radius 1 is 1.07 bits per heavy atom. The van der Waals surface area contributed by atoms with Crippen molar-refractivity contribution in [2.45, 2.75) is 58.7 Å². The molecule has 1 aromatic heterocycles. The second kappa shape index (κ2) is 7.41. The quantitative estimate of drug-likeness (QED) is 0.753. The maximum atomic E-state index is 12.9. The summed E-state index contributed by atoms with van der Waals surface area (Å²) in [6.07, 6.45) is 1.65. The van der Waals surface area contributed by atoms with Crippen LogP contribution in [-0.4, -0.2) is 10.5 Å². The molecule has 3 rings (SSSR count). The number of halogens is 3. The minimum absolute atomic E-state index is 0.406. The molecular weight excluding hydrogens is 353 g/mol. The number of nitrogens with two attached hydrogens (primary N) is 1. The zero-order chi connectivity index (χ0) is 19.8. The Labute approximate surface area is 157 Å². The van der Waals surface area contributed by atoms with E-state index in [1.165, 1.54) is 44.2 Å². The number of amides is 1. The molecule has 0 radical (unpaired) electrons. The Kier molecular flexibility index (Phi) is 5.36. The van der Waals surface area contributed by atoms with E-state index in [4.69, 9.17) is 5.73 Å². The molecule has 0 spiro atoms. The summed E-state index contributed by atoms with van der Waals surface area (Å²) in [5, 5.41) is 0. The standard InChI is InChI=1S/C21H25F3N2O/c1-13-18(16-8-10-17(11-9-16)21(22,23)24)19(20(25)27)14(2)26(13)12-15-6-4-3-5-7-15/h8-11,15H,3-7,12H2,1-2H3,(H2,25,27). The fourth-order valence-corrected chi connectivity index (χ4v) is 4.27. The van der Waals surface area contributed by atoms with Crippen molar-refractivity contribution in [3.63, 3.8) is 0 Å². The molecule has 1 aromatic carbocycles. The third-order valence-electron chi connectivity index (χ3n) is 5.70. The van der Waals surface area contributed by atoms with Gasteiger partial charge in [0.05, 0.1) is 11.1 Å². The summed E-state index contributed by atoms with van der Waals surface area (Å²) in [5.74, 6) is 0.0117. The first-order valence-corrected chi connectivity index (χ1v) is 9.37. The molecule has 1 amide bonds. The highest BCUT2D eigenvalue weighted by atomic mass is 19.4. The zero-order valence-corrected chi connectivity index (χ0v) is 15.7. The van der Waals surface area contributed by atoms with Crippen LogP contribution in [0.1, 0.15) is 59.4 Å². The molecule has 0 unspecified atom stereocenters. The number of hydrogen-bond donors (Lipinski definition) is 1. The molecule has 1 heterocycles. The Balaban J connectivity index is 2.03. The minimum Gasteiger partial charge on any atom is -0.366 e. The van der Waals surface area contributed by atoms with E-state index >= 15 is 0 Å². The van der Waals surface area contributed by atoms with Crippen LogP contribution in [0.4, 0.5) is 13.2 Å². The molecule has 3 nitrogen and oxygen atoms in total. The molecule has 2 aromatic rings. The van der Waals surface area contributed by atoms with E-state index in [0.717, 1.165) is 30.1 Å². The lowest BCUT2D eigenvalue weighted by Gasteiger charge is -2.23. The molecule has 0 atom stereocenters. The highest BCUT2D eigenvalue weighted by Gasteiger charge is 2.31.